The van der Waals surface area contributed by atoms with Gasteiger partial charge in [0.25, 0.3) is 11.8 Å². The highest BCUT2D eigenvalue weighted by atomic mass is 35.6. The molecule has 2 aliphatic heterocycles. The number of amides is 4. The van der Waals surface area contributed by atoms with Crippen LogP contribution in [0, 0.1) is 23.7 Å². The molecule has 2 aliphatic rings. The fourth-order valence-electron chi connectivity index (χ4n) is 5.97. The molecule has 2 fully saturated rings. The Morgan fingerprint density at radius 1 is 0.737 bits per heavy atom. The Morgan fingerprint density at radius 2 is 1.12 bits per heavy atom. The number of carboxylic acid groups (broad SMARTS) is 1. The van der Waals surface area contributed by atoms with Crippen LogP contribution in [-0.2, 0) is 43.1 Å². The molecule has 2 heterocycles. The molecule has 0 aromatic rings. The van der Waals surface area contributed by atoms with Crippen LogP contribution in [0.5, 0.6) is 0 Å². The van der Waals surface area contributed by atoms with Crippen LogP contribution in [-0.4, -0.2) is 110 Å². The van der Waals surface area contributed by atoms with Crippen molar-refractivity contribution in [2.24, 2.45) is 23.7 Å². The van der Waals surface area contributed by atoms with Crippen molar-refractivity contribution in [3.63, 3.8) is 0 Å². The molecule has 0 unspecified atom stereocenters. The lowest BCUT2D eigenvalue weighted by atomic mass is 9.89. The molecule has 0 aromatic carbocycles. The van der Waals surface area contributed by atoms with Gasteiger partial charge in [0.1, 0.15) is 42.3 Å². The summed E-state index contributed by atoms with van der Waals surface area (Å²) in [6, 6.07) is -3.26. The number of Topliss-reactive ketones (excluding diaryl/α,β-unsaturated/α-hetero) is 2. The molecule has 322 valence electrons. The standard InChI is InChI=1S/C20H30Cl3N3O5.C18H29N3O5/c1-5-7-14(27)10-15(12(2)3)17(28)24-13(4)18(29)26-9-6-8-16(25-26)19(30)31-11-20(21,22)23;1-5-7-13(22)10-14(11(2)3)16(23)19-12(4)17(24)21-9-6-8-15(20-21)18(25)26/h5,12-13,15-16,25H,1,6-11H2,2-4H3,(H,24,28);5,11-12,14-15,20H,1,6-10H2,2-4H3,(H,19,23)(H,25,26)/t13-,15-,16-;12-,14-,15-/m00/s1. The summed E-state index contributed by atoms with van der Waals surface area (Å²) in [5.41, 5.74) is 5.48. The maximum atomic E-state index is 12.8. The summed E-state index contributed by atoms with van der Waals surface area (Å²) in [5.74, 6) is -4.57. The maximum Gasteiger partial charge on any atom is 0.325 e. The number of allylic oxidation sites excluding steroid dienone is 2. The Balaban J connectivity index is 0.000000579. The van der Waals surface area contributed by atoms with Gasteiger partial charge < -0.3 is 20.5 Å². The number of rotatable bonds is 19. The van der Waals surface area contributed by atoms with Gasteiger partial charge in [0, 0.05) is 50.6 Å². The number of aliphatic carboxylic acids is 1. The van der Waals surface area contributed by atoms with Crippen LogP contribution in [0.3, 0.4) is 0 Å². The number of carbonyl (C=O) groups excluding carboxylic acids is 7. The van der Waals surface area contributed by atoms with Crippen molar-refractivity contribution in [1.29, 1.82) is 0 Å². The van der Waals surface area contributed by atoms with Crippen molar-refractivity contribution in [2.45, 2.75) is 121 Å². The topological polar surface area (TPSA) is 221 Å². The van der Waals surface area contributed by atoms with Gasteiger partial charge in [0.05, 0.1) is 0 Å². The highest BCUT2D eigenvalue weighted by Crippen LogP contribution is 2.26. The van der Waals surface area contributed by atoms with Gasteiger partial charge in [-0.1, -0.05) is 74.6 Å². The highest BCUT2D eigenvalue weighted by molar-refractivity contribution is 6.67. The minimum Gasteiger partial charge on any atom is -0.480 e. The Hall–Kier alpha value is -3.57. The molecule has 0 saturated carbocycles. The second kappa shape index (κ2) is 25.0. The number of hydrazine groups is 2. The van der Waals surface area contributed by atoms with E-state index >= 15 is 0 Å². The molecule has 19 heteroatoms. The number of nitrogens with one attached hydrogen (secondary N) is 4. The third-order valence-corrected chi connectivity index (χ3v) is 9.57. The molecular weight excluding hydrogens is 807 g/mol. The molecule has 57 heavy (non-hydrogen) atoms. The number of halogens is 3. The van der Waals surface area contributed by atoms with E-state index < -0.39 is 70.2 Å². The lowest BCUT2D eigenvalue weighted by Gasteiger charge is -2.34. The Morgan fingerprint density at radius 3 is 1.47 bits per heavy atom. The summed E-state index contributed by atoms with van der Waals surface area (Å²) < 4.78 is 3.25. The van der Waals surface area contributed by atoms with Gasteiger partial charge in [-0.3, -0.25) is 48.4 Å². The molecule has 2 saturated heterocycles. The molecule has 0 radical (unpaired) electrons. The minimum atomic E-state index is -1.72. The third-order valence-electron chi connectivity index (χ3n) is 9.25. The fraction of sp³-hybridized carbons (Fsp3) is 0.684. The van der Waals surface area contributed by atoms with Crippen LogP contribution in [0.4, 0.5) is 0 Å². The summed E-state index contributed by atoms with van der Waals surface area (Å²) in [4.78, 5) is 97.5. The summed E-state index contributed by atoms with van der Waals surface area (Å²) in [5, 5.41) is 16.9. The summed E-state index contributed by atoms with van der Waals surface area (Å²) >= 11 is 16.8. The normalized spacial score (nSPS) is 19.1. The first-order valence-electron chi connectivity index (χ1n) is 19.0. The largest absolute Gasteiger partial charge is 0.480 e. The molecule has 0 aliphatic carbocycles. The number of alkyl halides is 3. The highest BCUT2D eigenvalue weighted by Gasteiger charge is 2.35. The SMILES string of the molecule is C=CCC(=O)C[C@H](C(=O)N[C@@H](C)C(=O)N1CCC[C@@H](C(=O)O)N1)C(C)C.C=CCC(=O)C[C@H](C(=O)N[C@@H](C)C(=O)N1CCC[C@@H](C(=O)OCC(Cl)(Cl)Cl)N1)C(C)C. The first kappa shape index (κ1) is 51.4. The van der Waals surface area contributed by atoms with Crippen molar-refractivity contribution in [1.82, 2.24) is 31.5 Å². The van der Waals surface area contributed by atoms with E-state index in [0.29, 0.717) is 38.8 Å². The van der Waals surface area contributed by atoms with E-state index in [1.807, 2.05) is 27.7 Å². The molecule has 0 spiro atoms. The van der Waals surface area contributed by atoms with Gasteiger partial charge in [-0.05, 0) is 51.4 Å². The zero-order chi connectivity index (χ0) is 43.6. The minimum absolute atomic E-state index is 0.0597. The first-order valence-corrected chi connectivity index (χ1v) is 20.1. The van der Waals surface area contributed by atoms with Gasteiger partial charge in [-0.2, -0.15) is 0 Å². The van der Waals surface area contributed by atoms with E-state index in [9.17, 15) is 38.4 Å². The van der Waals surface area contributed by atoms with Crippen molar-refractivity contribution in [3.05, 3.63) is 25.3 Å². The van der Waals surface area contributed by atoms with Crippen molar-refractivity contribution in [2.75, 3.05) is 19.7 Å². The van der Waals surface area contributed by atoms with Gasteiger partial charge in [0.15, 0.2) is 0 Å². The van der Waals surface area contributed by atoms with E-state index in [1.54, 1.807) is 13.8 Å². The Kier molecular flexibility index (Phi) is 22.6. The second-order valence-electron chi connectivity index (χ2n) is 14.8. The first-order chi connectivity index (χ1) is 26.5. The molecule has 4 amide bonds. The smallest absolute Gasteiger partial charge is 0.325 e. The predicted molar refractivity (Wildman–Crippen MR) is 215 cm³/mol. The average molecular weight is 866 g/mol. The van der Waals surface area contributed by atoms with E-state index in [2.05, 4.69) is 34.6 Å². The molecule has 2 rings (SSSR count). The van der Waals surface area contributed by atoms with Crippen LogP contribution in [0.2, 0.25) is 0 Å². The Labute approximate surface area is 350 Å². The lowest BCUT2D eigenvalue weighted by Crippen LogP contribution is -2.59. The molecule has 16 nitrogen and oxygen atoms in total. The number of hydrogen-bond acceptors (Lipinski definition) is 11. The predicted octanol–water partition coefficient (Wildman–Crippen LogP) is 3.59. The number of ether oxygens (including phenoxy) is 1. The molecule has 6 atom stereocenters. The van der Waals surface area contributed by atoms with Gasteiger partial charge >= 0.3 is 11.9 Å². The zero-order valence-electron chi connectivity index (χ0n) is 33.6. The van der Waals surface area contributed by atoms with E-state index in [-0.39, 0.29) is 60.9 Å². The zero-order valence-corrected chi connectivity index (χ0v) is 35.9. The van der Waals surface area contributed by atoms with Crippen molar-refractivity contribution in [3.8, 4) is 0 Å². The fourth-order valence-corrected chi connectivity index (χ4v) is 6.13. The van der Waals surface area contributed by atoms with Crippen LogP contribution < -0.4 is 21.5 Å². The number of ketones is 2. The van der Waals surface area contributed by atoms with Crippen LogP contribution >= 0.6 is 34.8 Å². The van der Waals surface area contributed by atoms with Crippen molar-refractivity contribution < 1.29 is 48.2 Å². The molecule has 0 aromatic heterocycles. The van der Waals surface area contributed by atoms with Gasteiger partial charge in [-0.15, -0.1) is 13.2 Å². The number of nitrogens with zero attached hydrogens (tertiary/aromatic N) is 2. The molecular formula is C38H59Cl3N6O10. The van der Waals surface area contributed by atoms with Gasteiger partial charge in [0.2, 0.25) is 15.6 Å². The summed E-state index contributed by atoms with van der Waals surface area (Å²) in [7, 11) is 0. The van der Waals surface area contributed by atoms with Crippen LogP contribution in [0.1, 0.15) is 92.9 Å². The Bertz CT molecular complexity index is 1460. The number of hydrogen-bond donors (Lipinski definition) is 5. The quantitative estimate of drug-likeness (QED) is 0.0715. The lowest BCUT2D eigenvalue weighted by molar-refractivity contribution is -0.153. The van der Waals surface area contributed by atoms with Crippen LogP contribution in [0.25, 0.3) is 0 Å². The van der Waals surface area contributed by atoms with E-state index in [1.165, 1.54) is 22.2 Å². The van der Waals surface area contributed by atoms with E-state index in [0.717, 1.165) is 0 Å². The summed E-state index contributed by atoms with van der Waals surface area (Å²) in [6.07, 6.45) is 5.60. The second-order valence-corrected chi connectivity index (χ2v) is 17.3. The van der Waals surface area contributed by atoms with E-state index in [4.69, 9.17) is 44.6 Å². The number of carboxylic acids is 1. The van der Waals surface area contributed by atoms with Crippen LogP contribution in [0.15, 0.2) is 25.3 Å². The molecule has 5 N–H and O–H groups in total. The molecule has 0 bridgehead atoms. The van der Waals surface area contributed by atoms with Gasteiger partial charge in [-0.25, -0.2) is 10.9 Å². The summed E-state index contributed by atoms with van der Waals surface area (Å²) in [6.45, 7) is 17.9. The maximum absolute atomic E-state index is 12.8. The van der Waals surface area contributed by atoms with Crippen molar-refractivity contribution >= 4 is 81.9 Å². The third kappa shape index (κ3) is 18.7. The monoisotopic (exact) mass is 864 g/mol. The average Bonchev–Trinajstić information content (AvgIpc) is 3.14. The number of esters is 1. The number of carbonyl (C=O) groups is 8.